The normalized spacial score (nSPS) is 11.0. The van der Waals surface area contributed by atoms with Crippen LogP contribution in [0.1, 0.15) is 24.7 Å². The van der Waals surface area contributed by atoms with Gasteiger partial charge in [-0.3, -0.25) is 4.79 Å². The maximum absolute atomic E-state index is 13.0. The van der Waals surface area contributed by atoms with E-state index in [9.17, 15) is 4.79 Å². The van der Waals surface area contributed by atoms with Crippen LogP contribution in [0.2, 0.25) is 0 Å². The molecule has 0 bridgehead atoms. The molecular formula is C20H17BrN4O2. The van der Waals surface area contributed by atoms with E-state index in [4.69, 9.17) is 10.00 Å². The molecule has 0 amide bonds. The molecule has 3 aromatic rings. The van der Waals surface area contributed by atoms with Gasteiger partial charge in [-0.2, -0.15) is 15.0 Å². The van der Waals surface area contributed by atoms with Crippen molar-refractivity contribution >= 4 is 33.0 Å². The summed E-state index contributed by atoms with van der Waals surface area (Å²) in [5, 5.41) is 13.6. The van der Waals surface area contributed by atoms with Gasteiger partial charge in [-0.05, 0) is 36.8 Å². The quantitative estimate of drug-likeness (QED) is 0.561. The van der Waals surface area contributed by atoms with Gasteiger partial charge in [0.2, 0.25) is 0 Å². The molecule has 0 aliphatic rings. The van der Waals surface area contributed by atoms with Crippen LogP contribution in [0.5, 0.6) is 5.75 Å². The lowest BCUT2D eigenvalue weighted by atomic mass is 10.2. The molecule has 27 heavy (non-hydrogen) atoms. The Balaban J connectivity index is 2.10. The average Bonchev–Trinajstić information content (AvgIpc) is 2.67. The van der Waals surface area contributed by atoms with Crippen LogP contribution in [-0.4, -0.2) is 22.5 Å². The molecule has 0 saturated heterocycles. The van der Waals surface area contributed by atoms with E-state index in [2.05, 4.69) is 26.0 Å². The number of rotatable bonds is 6. The molecule has 1 aromatic heterocycles. The first-order chi connectivity index (χ1) is 13.1. The van der Waals surface area contributed by atoms with Gasteiger partial charge in [0.15, 0.2) is 6.61 Å². The van der Waals surface area contributed by atoms with Crippen LogP contribution in [0.15, 0.2) is 56.8 Å². The van der Waals surface area contributed by atoms with Crippen molar-refractivity contribution in [2.45, 2.75) is 19.8 Å². The lowest BCUT2D eigenvalue weighted by Gasteiger charge is -2.09. The van der Waals surface area contributed by atoms with E-state index in [1.807, 2.05) is 43.3 Å². The Hall–Kier alpha value is -2.98. The van der Waals surface area contributed by atoms with Crippen LogP contribution in [0.4, 0.5) is 0 Å². The number of aromatic nitrogens is 2. The fraction of sp³-hybridized carbons (Fsp3) is 0.200. The van der Waals surface area contributed by atoms with Crippen molar-refractivity contribution in [2.24, 2.45) is 5.10 Å². The standard InChI is InChI=1S/C20H17BrN4O2/c1-2-5-19-24-17-9-8-15(21)12-16(17)20(26)25(19)23-13-14-6-3-4-7-18(14)27-11-10-22/h3-4,6-9,12-13H,2,5,11H2,1H3. The largest absolute Gasteiger partial charge is 0.478 e. The van der Waals surface area contributed by atoms with E-state index in [0.29, 0.717) is 34.5 Å². The summed E-state index contributed by atoms with van der Waals surface area (Å²) in [5.41, 5.74) is 1.10. The van der Waals surface area contributed by atoms with Crippen LogP contribution in [0, 0.1) is 11.3 Å². The van der Waals surface area contributed by atoms with Crippen LogP contribution in [-0.2, 0) is 6.42 Å². The number of nitrogens with zero attached hydrogens (tertiary/aromatic N) is 4. The van der Waals surface area contributed by atoms with Crippen LogP contribution in [0.25, 0.3) is 10.9 Å². The highest BCUT2D eigenvalue weighted by Gasteiger charge is 2.10. The number of aryl methyl sites for hydroxylation is 1. The van der Waals surface area contributed by atoms with Crippen molar-refractivity contribution in [3.63, 3.8) is 0 Å². The van der Waals surface area contributed by atoms with Gasteiger partial charge < -0.3 is 4.74 Å². The summed E-state index contributed by atoms with van der Waals surface area (Å²) in [6.45, 7) is 1.97. The number of hydrogen-bond donors (Lipinski definition) is 0. The molecule has 1 heterocycles. The predicted octanol–water partition coefficient (Wildman–Crippen LogP) is 3.90. The Bertz CT molecular complexity index is 1100. The molecule has 0 radical (unpaired) electrons. The number of ether oxygens (including phenoxy) is 1. The third kappa shape index (κ3) is 4.23. The van der Waals surface area contributed by atoms with E-state index < -0.39 is 0 Å². The molecular weight excluding hydrogens is 408 g/mol. The Morgan fingerprint density at radius 2 is 2.15 bits per heavy atom. The number of fused-ring (bicyclic) bond motifs is 1. The smallest absolute Gasteiger partial charge is 0.282 e. The second kappa shape index (κ2) is 8.60. The van der Waals surface area contributed by atoms with Gasteiger partial charge in [-0.25, -0.2) is 4.98 Å². The summed E-state index contributed by atoms with van der Waals surface area (Å²) in [4.78, 5) is 17.6. The van der Waals surface area contributed by atoms with Gasteiger partial charge in [0.25, 0.3) is 5.56 Å². The lowest BCUT2D eigenvalue weighted by molar-refractivity contribution is 0.367. The summed E-state index contributed by atoms with van der Waals surface area (Å²) in [6, 6.07) is 14.6. The van der Waals surface area contributed by atoms with Crippen molar-refractivity contribution in [1.29, 1.82) is 5.26 Å². The molecule has 0 unspecified atom stereocenters. The van der Waals surface area contributed by atoms with Gasteiger partial charge >= 0.3 is 0 Å². The minimum atomic E-state index is -0.226. The van der Waals surface area contributed by atoms with Crippen molar-refractivity contribution in [3.8, 4) is 11.8 Å². The zero-order valence-corrected chi connectivity index (χ0v) is 16.3. The Morgan fingerprint density at radius 3 is 2.93 bits per heavy atom. The van der Waals surface area contributed by atoms with Gasteiger partial charge in [0, 0.05) is 16.5 Å². The molecule has 0 aliphatic heterocycles. The van der Waals surface area contributed by atoms with Crippen LogP contribution in [0.3, 0.4) is 0 Å². The summed E-state index contributed by atoms with van der Waals surface area (Å²) in [6.07, 6.45) is 3.02. The van der Waals surface area contributed by atoms with Crippen LogP contribution >= 0.6 is 15.9 Å². The molecule has 3 rings (SSSR count). The fourth-order valence-electron chi connectivity index (χ4n) is 2.65. The highest BCUT2D eigenvalue weighted by atomic mass is 79.9. The minimum absolute atomic E-state index is 0.0581. The fourth-order valence-corrected chi connectivity index (χ4v) is 3.01. The summed E-state index contributed by atoms with van der Waals surface area (Å²) in [7, 11) is 0. The van der Waals surface area contributed by atoms with Gasteiger partial charge in [0.1, 0.15) is 17.6 Å². The Kier molecular flexibility index (Phi) is 5.99. The topological polar surface area (TPSA) is 80.3 Å². The molecule has 0 N–H and O–H groups in total. The molecule has 0 spiro atoms. The molecule has 6 nitrogen and oxygen atoms in total. The molecule has 136 valence electrons. The van der Waals surface area contributed by atoms with Gasteiger partial charge in [-0.15, -0.1) is 0 Å². The van der Waals surface area contributed by atoms with E-state index in [1.165, 1.54) is 4.68 Å². The Morgan fingerprint density at radius 1 is 1.33 bits per heavy atom. The average molecular weight is 425 g/mol. The molecule has 0 fully saturated rings. The van der Waals surface area contributed by atoms with E-state index in [0.717, 1.165) is 10.9 Å². The Labute approximate surface area is 164 Å². The molecule has 0 atom stereocenters. The summed E-state index contributed by atoms with van der Waals surface area (Å²) < 4.78 is 7.55. The van der Waals surface area contributed by atoms with Gasteiger partial charge in [-0.1, -0.05) is 35.0 Å². The third-order valence-electron chi connectivity index (χ3n) is 3.87. The zero-order chi connectivity index (χ0) is 19.2. The first-order valence-electron chi connectivity index (χ1n) is 8.48. The second-order valence-corrected chi connectivity index (χ2v) is 6.70. The highest BCUT2D eigenvalue weighted by molar-refractivity contribution is 9.10. The van der Waals surface area contributed by atoms with E-state index in [1.54, 1.807) is 18.3 Å². The van der Waals surface area contributed by atoms with E-state index in [-0.39, 0.29) is 12.2 Å². The number of nitriles is 1. The minimum Gasteiger partial charge on any atom is -0.478 e. The number of hydrogen-bond acceptors (Lipinski definition) is 5. The number of halogens is 1. The maximum Gasteiger partial charge on any atom is 0.282 e. The van der Waals surface area contributed by atoms with Gasteiger partial charge in [0.05, 0.1) is 17.1 Å². The van der Waals surface area contributed by atoms with Crippen molar-refractivity contribution in [2.75, 3.05) is 6.61 Å². The van der Waals surface area contributed by atoms with Crippen molar-refractivity contribution in [1.82, 2.24) is 9.66 Å². The summed E-state index contributed by atoms with van der Waals surface area (Å²) >= 11 is 3.39. The molecule has 0 aliphatic carbocycles. The SMILES string of the molecule is CCCc1nc2ccc(Br)cc2c(=O)n1N=Cc1ccccc1OCC#N. The second-order valence-electron chi connectivity index (χ2n) is 5.79. The lowest BCUT2D eigenvalue weighted by Crippen LogP contribution is -2.22. The van der Waals surface area contributed by atoms with Crippen molar-refractivity contribution in [3.05, 3.63) is 68.7 Å². The number of benzene rings is 2. The van der Waals surface area contributed by atoms with E-state index >= 15 is 0 Å². The molecule has 7 heteroatoms. The van der Waals surface area contributed by atoms with Crippen molar-refractivity contribution < 1.29 is 4.74 Å². The number of para-hydroxylation sites is 1. The summed E-state index contributed by atoms with van der Waals surface area (Å²) in [5.74, 6) is 1.13. The zero-order valence-electron chi connectivity index (χ0n) is 14.7. The van der Waals surface area contributed by atoms with Crippen LogP contribution < -0.4 is 10.3 Å². The maximum atomic E-state index is 13.0. The first kappa shape index (κ1) is 18.8. The molecule has 0 saturated carbocycles. The predicted molar refractivity (Wildman–Crippen MR) is 108 cm³/mol. The molecule has 2 aromatic carbocycles. The first-order valence-corrected chi connectivity index (χ1v) is 9.27. The monoisotopic (exact) mass is 424 g/mol. The highest BCUT2D eigenvalue weighted by Crippen LogP contribution is 2.18. The third-order valence-corrected chi connectivity index (χ3v) is 4.37.